The van der Waals surface area contributed by atoms with Crippen molar-refractivity contribution in [3.8, 4) is 5.69 Å². The van der Waals surface area contributed by atoms with E-state index in [1.165, 1.54) is 0 Å². The van der Waals surface area contributed by atoms with Gasteiger partial charge in [-0.3, -0.25) is 9.59 Å². The summed E-state index contributed by atoms with van der Waals surface area (Å²) in [5.74, 6) is -1.03. The summed E-state index contributed by atoms with van der Waals surface area (Å²) in [5.41, 5.74) is 3.38. The lowest BCUT2D eigenvalue weighted by molar-refractivity contribution is -0.137. The molecule has 2 atom stereocenters. The van der Waals surface area contributed by atoms with Gasteiger partial charge in [0, 0.05) is 19.7 Å². The van der Waals surface area contributed by atoms with Crippen LogP contribution in [0, 0.1) is 6.92 Å². The van der Waals surface area contributed by atoms with Crippen molar-refractivity contribution in [2.24, 2.45) is 0 Å². The van der Waals surface area contributed by atoms with E-state index in [2.05, 4.69) is 5.10 Å². The first-order valence-corrected chi connectivity index (χ1v) is 9.52. The molecule has 150 valence electrons. The van der Waals surface area contributed by atoms with Crippen molar-refractivity contribution in [3.05, 3.63) is 47.3 Å². The molecular formula is C21H27N3O4. The first-order chi connectivity index (χ1) is 13.3. The Morgan fingerprint density at radius 1 is 1.29 bits per heavy atom. The lowest BCUT2D eigenvalue weighted by Gasteiger charge is -2.24. The van der Waals surface area contributed by atoms with E-state index in [4.69, 9.17) is 4.74 Å². The number of carboxylic acids is 1. The second kappa shape index (κ2) is 8.14. The van der Waals surface area contributed by atoms with Crippen molar-refractivity contribution in [3.63, 3.8) is 0 Å². The fourth-order valence-corrected chi connectivity index (χ4v) is 3.81. The summed E-state index contributed by atoms with van der Waals surface area (Å²) in [6.45, 7) is 6.46. The van der Waals surface area contributed by atoms with Crippen LogP contribution in [0.4, 0.5) is 0 Å². The van der Waals surface area contributed by atoms with Crippen molar-refractivity contribution in [2.45, 2.75) is 51.7 Å². The summed E-state index contributed by atoms with van der Waals surface area (Å²) in [6.07, 6.45) is 1.88. The zero-order valence-corrected chi connectivity index (χ0v) is 16.8. The molecule has 1 aromatic heterocycles. The molecule has 0 bridgehead atoms. The standard InChI is InChI=1S/C21H27N3O4/c1-13(2)20-18(11-22-24(20)15-7-5-14(3)6-8-15)21(27)23-12-17(28-4)9-16(23)10-19(25)26/h5-8,11,13,16-17H,9-10,12H2,1-4H3,(H,25,26). The molecule has 1 N–H and O–H groups in total. The highest BCUT2D eigenvalue weighted by Gasteiger charge is 2.38. The van der Waals surface area contributed by atoms with Gasteiger partial charge in [-0.1, -0.05) is 31.5 Å². The minimum Gasteiger partial charge on any atom is -0.481 e. The quantitative estimate of drug-likeness (QED) is 0.826. The molecule has 0 spiro atoms. The molecule has 1 amide bonds. The molecule has 1 aliphatic rings. The molecule has 7 nitrogen and oxygen atoms in total. The van der Waals surface area contributed by atoms with Gasteiger partial charge in [0.15, 0.2) is 0 Å². The van der Waals surface area contributed by atoms with E-state index in [0.29, 0.717) is 18.5 Å². The van der Waals surface area contributed by atoms with Crippen LogP contribution in [-0.2, 0) is 9.53 Å². The Hall–Kier alpha value is -2.67. The second-order valence-corrected chi connectivity index (χ2v) is 7.65. The van der Waals surface area contributed by atoms with Crippen LogP contribution in [0.5, 0.6) is 0 Å². The van der Waals surface area contributed by atoms with Crippen molar-refractivity contribution < 1.29 is 19.4 Å². The van der Waals surface area contributed by atoms with Crippen LogP contribution in [0.2, 0.25) is 0 Å². The second-order valence-electron chi connectivity index (χ2n) is 7.65. The Kier molecular flexibility index (Phi) is 5.84. The van der Waals surface area contributed by atoms with Gasteiger partial charge in [-0.05, 0) is 31.4 Å². The van der Waals surface area contributed by atoms with Gasteiger partial charge < -0.3 is 14.7 Å². The Morgan fingerprint density at radius 3 is 2.54 bits per heavy atom. The van der Waals surface area contributed by atoms with Crippen LogP contribution in [0.3, 0.4) is 0 Å². The average molecular weight is 385 g/mol. The summed E-state index contributed by atoms with van der Waals surface area (Å²) in [7, 11) is 1.59. The lowest BCUT2D eigenvalue weighted by atomic mass is 10.0. The number of likely N-dealkylation sites (tertiary alicyclic amines) is 1. The maximum Gasteiger partial charge on any atom is 0.305 e. The molecule has 0 radical (unpaired) electrons. The van der Waals surface area contributed by atoms with Gasteiger partial charge in [-0.25, -0.2) is 4.68 Å². The molecule has 0 aliphatic carbocycles. The van der Waals surface area contributed by atoms with Gasteiger partial charge in [0.25, 0.3) is 5.91 Å². The van der Waals surface area contributed by atoms with Crippen LogP contribution < -0.4 is 0 Å². The number of benzene rings is 1. The minimum absolute atomic E-state index is 0.0708. The van der Waals surface area contributed by atoms with Gasteiger partial charge in [0.05, 0.1) is 35.7 Å². The maximum absolute atomic E-state index is 13.3. The molecule has 3 rings (SSSR count). The summed E-state index contributed by atoms with van der Waals surface area (Å²) in [4.78, 5) is 26.2. The van der Waals surface area contributed by atoms with Gasteiger partial charge in [0.1, 0.15) is 0 Å². The van der Waals surface area contributed by atoms with Crippen LogP contribution in [-0.4, -0.2) is 57.5 Å². The molecular weight excluding hydrogens is 358 g/mol. The number of methoxy groups -OCH3 is 1. The van der Waals surface area contributed by atoms with E-state index in [1.54, 1.807) is 22.9 Å². The normalized spacial score (nSPS) is 19.4. The van der Waals surface area contributed by atoms with Gasteiger partial charge >= 0.3 is 5.97 Å². The topological polar surface area (TPSA) is 84.7 Å². The highest BCUT2D eigenvalue weighted by atomic mass is 16.5. The largest absolute Gasteiger partial charge is 0.481 e. The Labute approximate surface area is 164 Å². The average Bonchev–Trinajstić information content (AvgIpc) is 3.25. The summed E-state index contributed by atoms with van der Waals surface area (Å²) in [6, 6.07) is 7.60. The number of aliphatic carboxylic acids is 1. The van der Waals surface area contributed by atoms with E-state index in [9.17, 15) is 14.7 Å². The monoisotopic (exact) mass is 385 g/mol. The van der Waals surface area contributed by atoms with Crippen molar-refractivity contribution >= 4 is 11.9 Å². The third-order valence-corrected chi connectivity index (χ3v) is 5.24. The van der Waals surface area contributed by atoms with Crippen molar-refractivity contribution in [1.82, 2.24) is 14.7 Å². The third kappa shape index (κ3) is 3.94. The smallest absolute Gasteiger partial charge is 0.305 e. The van der Waals surface area contributed by atoms with Gasteiger partial charge in [0.2, 0.25) is 0 Å². The fourth-order valence-electron chi connectivity index (χ4n) is 3.81. The van der Waals surface area contributed by atoms with Gasteiger partial charge in [-0.15, -0.1) is 0 Å². The van der Waals surface area contributed by atoms with Gasteiger partial charge in [-0.2, -0.15) is 5.10 Å². The first kappa shape index (κ1) is 20.1. The number of aryl methyl sites for hydroxylation is 1. The van der Waals surface area contributed by atoms with E-state index in [-0.39, 0.29) is 30.4 Å². The highest BCUT2D eigenvalue weighted by Crippen LogP contribution is 2.29. The predicted molar refractivity (Wildman–Crippen MR) is 105 cm³/mol. The minimum atomic E-state index is -0.918. The molecule has 28 heavy (non-hydrogen) atoms. The number of hydrogen-bond donors (Lipinski definition) is 1. The molecule has 2 aromatic rings. The van der Waals surface area contributed by atoms with E-state index >= 15 is 0 Å². The van der Waals surface area contributed by atoms with Crippen molar-refractivity contribution in [2.75, 3.05) is 13.7 Å². The van der Waals surface area contributed by atoms with E-state index < -0.39 is 5.97 Å². The number of amides is 1. The Morgan fingerprint density at radius 2 is 1.96 bits per heavy atom. The van der Waals surface area contributed by atoms with E-state index in [1.807, 2.05) is 45.0 Å². The zero-order valence-electron chi connectivity index (χ0n) is 16.8. The predicted octanol–water partition coefficient (Wildman–Crippen LogP) is 3.01. The SMILES string of the molecule is COC1CC(CC(=O)O)N(C(=O)c2cnn(-c3ccc(C)cc3)c2C(C)C)C1. The highest BCUT2D eigenvalue weighted by molar-refractivity contribution is 5.96. The van der Waals surface area contributed by atoms with Crippen LogP contribution >= 0.6 is 0 Å². The first-order valence-electron chi connectivity index (χ1n) is 9.52. The molecule has 0 saturated carbocycles. The number of carboxylic acid groups (broad SMARTS) is 1. The number of rotatable bonds is 6. The van der Waals surface area contributed by atoms with Crippen LogP contribution in [0.25, 0.3) is 5.69 Å². The van der Waals surface area contributed by atoms with E-state index in [0.717, 1.165) is 16.9 Å². The summed E-state index contributed by atoms with van der Waals surface area (Å²) in [5, 5.41) is 13.7. The molecule has 7 heteroatoms. The number of carbonyl (C=O) groups excluding carboxylic acids is 1. The molecule has 1 fully saturated rings. The molecule has 2 heterocycles. The fraction of sp³-hybridized carbons (Fsp3) is 0.476. The zero-order chi connectivity index (χ0) is 20.4. The summed E-state index contributed by atoms with van der Waals surface area (Å²) >= 11 is 0. The summed E-state index contributed by atoms with van der Waals surface area (Å²) < 4.78 is 7.19. The Bertz CT molecular complexity index is 857. The molecule has 1 saturated heterocycles. The Balaban J connectivity index is 1.97. The number of aromatic nitrogens is 2. The maximum atomic E-state index is 13.3. The molecule has 1 aromatic carbocycles. The third-order valence-electron chi connectivity index (χ3n) is 5.24. The molecule has 1 aliphatic heterocycles. The molecule has 2 unspecified atom stereocenters. The van der Waals surface area contributed by atoms with Crippen molar-refractivity contribution in [1.29, 1.82) is 0 Å². The lowest BCUT2D eigenvalue weighted by Crippen LogP contribution is -2.37. The number of hydrogen-bond acceptors (Lipinski definition) is 4. The van der Waals surface area contributed by atoms with Crippen LogP contribution in [0.1, 0.15) is 54.2 Å². The van der Waals surface area contributed by atoms with Crippen LogP contribution in [0.15, 0.2) is 30.5 Å². The number of nitrogens with zero attached hydrogens (tertiary/aromatic N) is 3. The number of ether oxygens (including phenoxy) is 1. The number of carbonyl (C=O) groups is 2.